The van der Waals surface area contributed by atoms with E-state index in [0.29, 0.717) is 12.1 Å². The van der Waals surface area contributed by atoms with Crippen LogP contribution in [-0.4, -0.2) is 18.6 Å². The first-order chi connectivity index (χ1) is 8.97. The van der Waals surface area contributed by atoms with Crippen molar-refractivity contribution in [2.24, 2.45) is 0 Å². The summed E-state index contributed by atoms with van der Waals surface area (Å²) in [7, 11) is 1.68. The molecule has 0 unspecified atom stereocenters. The van der Waals surface area contributed by atoms with Gasteiger partial charge in [-0.15, -0.1) is 0 Å². The molecule has 1 aliphatic carbocycles. The van der Waals surface area contributed by atoms with Crippen LogP contribution >= 0.6 is 0 Å². The summed E-state index contributed by atoms with van der Waals surface area (Å²) in [5.41, 5.74) is 9.12. The van der Waals surface area contributed by atoms with Gasteiger partial charge in [0.2, 0.25) is 5.91 Å². The van der Waals surface area contributed by atoms with E-state index in [1.54, 1.807) is 7.11 Å². The topological polar surface area (TPSA) is 64.3 Å². The van der Waals surface area contributed by atoms with Crippen LogP contribution < -0.4 is 11.1 Å². The molecule has 0 aliphatic heterocycles. The van der Waals surface area contributed by atoms with Gasteiger partial charge in [-0.2, -0.15) is 0 Å². The molecule has 1 aliphatic rings. The van der Waals surface area contributed by atoms with Crippen LogP contribution in [0, 0.1) is 13.8 Å². The fraction of sp³-hybridized carbons (Fsp3) is 0.533. The Bertz CT molecular complexity index is 488. The van der Waals surface area contributed by atoms with Crippen molar-refractivity contribution in [3.05, 3.63) is 23.3 Å². The van der Waals surface area contributed by atoms with Crippen LogP contribution in [-0.2, 0) is 9.53 Å². The second kappa shape index (κ2) is 5.21. The van der Waals surface area contributed by atoms with Gasteiger partial charge in [-0.3, -0.25) is 4.79 Å². The number of hydrogen-bond acceptors (Lipinski definition) is 3. The maximum absolute atomic E-state index is 12.2. The highest BCUT2D eigenvalue weighted by molar-refractivity contribution is 5.94. The average Bonchev–Trinajstić information content (AvgIpc) is 2.34. The average molecular weight is 262 g/mol. The Balaban J connectivity index is 2.09. The number of anilines is 2. The molecule has 2 rings (SSSR count). The predicted octanol–water partition coefficient (Wildman–Crippen LogP) is 2.78. The maximum Gasteiger partial charge on any atom is 0.227 e. The predicted molar refractivity (Wildman–Crippen MR) is 77.2 cm³/mol. The Labute approximate surface area is 114 Å². The molecule has 0 saturated heterocycles. The molecular weight excluding hydrogens is 240 g/mol. The largest absolute Gasteiger partial charge is 0.398 e. The standard InChI is InChI=1S/C15H22N2O2/c1-10-5-6-12(16)11(2)14(10)17-13(18)9-15(19-3)7-4-8-15/h5-6H,4,7-9,16H2,1-3H3,(H,17,18). The molecule has 0 radical (unpaired) electrons. The van der Waals surface area contributed by atoms with Gasteiger partial charge < -0.3 is 15.8 Å². The van der Waals surface area contributed by atoms with E-state index in [1.165, 1.54) is 0 Å². The summed E-state index contributed by atoms with van der Waals surface area (Å²) >= 11 is 0. The van der Waals surface area contributed by atoms with Crippen LogP contribution in [0.15, 0.2) is 12.1 Å². The first-order valence-corrected chi connectivity index (χ1v) is 6.68. The number of rotatable bonds is 4. The van der Waals surface area contributed by atoms with Gasteiger partial charge >= 0.3 is 0 Å². The Morgan fingerprint density at radius 3 is 2.63 bits per heavy atom. The van der Waals surface area contributed by atoms with Gasteiger partial charge in [-0.1, -0.05) is 6.07 Å². The number of nitrogen functional groups attached to an aromatic ring is 1. The van der Waals surface area contributed by atoms with Crippen molar-refractivity contribution in [1.82, 2.24) is 0 Å². The fourth-order valence-electron chi connectivity index (χ4n) is 2.56. The second-order valence-electron chi connectivity index (χ2n) is 5.44. The number of carbonyl (C=O) groups is 1. The smallest absolute Gasteiger partial charge is 0.227 e. The summed E-state index contributed by atoms with van der Waals surface area (Å²) in [6, 6.07) is 3.79. The molecule has 104 valence electrons. The normalized spacial score (nSPS) is 16.8. The number of aryl methyl sites for hydroxylation is 1. The van der Waals surface area contributed by atoms with Crippen molar-refractivity contribution in [3.63, 3.8) is 0 Å². The van der Waals surface area contributed by atoms with Crippen LogP contribution in [0.5, 0.6) is 0 Å². The lowest BCUT2D eigenvalue weighted by Crippen LogP contribution is -2.42. The SMILES string of the molecule is COC1(CC(=O)Nc2c(C)ccc(N)c2C)CCC1. The third-order valence-corrected chi connectivity index (χ3v) is 4.16. The minimum absolute atomic E-state index is 0.00153. The van der Waals surface area contributed by atoms with E-state index in [0.717, 1.165) is 36.1 Å². The number of ether oxygens (including phenoxy) is 1. The molecule has 0 heterocycles. The van der Waals surface area contributed by atoms with E-state index >= 15 is 0 Å². The Morgan fingerprint density at radius 1 is 1.42 bits per heavy atom. The number of methoxy groups -OCH3 is 1. The summed E-state index contributed by atoms with van der Waals surface area (Å²) in [5, 5.41) is 2.98. The van der Waals surface area contributed by atoms with E-state index in [4.69, 9.17) is 10.5 Å². The van der Waals surface area contributed by atoms with E-state index in [2.05, 4.69) is 5.32 Å². The van der Waals surface area contributed by atoms with Gasteiger partial charge in [-0.05, 0) is 50.3 Å². The lowest BCUT2D eigenvalue weighted by Gasteiger charge is -2.40. The molecule has 3 N–H and O–H groups in total. The van der Waals surface area contributed by atoms with Gasteiger partial charge in [0.15, 0.2) is 0 Å². The maximum atomic E-state index is 12.2. The molecule has 0 aromatic heterocycles. The lowest BCUT2D eigenvalue weighted by molar-refractivity contribution is -0.129. The number of hydrogen-bond donors (Lipinski definition) is 2. The van der Waals surface area contributed by atoms with Crippen LogP contribution in [0.3, 0.4) is 0 Å². The third kappa shape index (κ3) is 2.73. The zero-order valence-electron chi connectivity index (χ0n) is 11.9. The summed E-state index contributed by atoms with van der Waals surface area (Å²) in [6.07, 6.45) is 3.48. The summed E-state index contributed by atoms with van der Waals surface area (Å²) in [6.45, 7) is 3.89. The van der Waals surface area contributed by atoms with Crippen LogP contribution in [0.2, 0.25) is 0 Å². The van der Waals surface area contributed by atoms with Crippen molar-refractivity contribution >= 4 is 17.3 Å². The van der Waals surface area contributed by atoms with Crippen molar-refractivity contribution in [3.8, 4) is 0 Å². The molecule has 1 amide bonds. The number of nitrogens with two attached hydrogens (primary N) is 1. The quantitative estimate of drug-likeness (QED) is 0.820. The van der Waals surface area contributed by atoms with Crippen molar-refractivity contribution in [2.45, 2.75) is 45.1 Å². The van der Waals surface area contributed by atoms with Crippen molar-refractivity contribution in [2.75, 3.05) is 18.2 Å². The molecule has 1 fully saturated rings. The zero-order chi connectivity index (χ0) is 14.0. The van der Waals surface area contributed by atoms with E-state index in [1.807, 2.05) is 26.0 Å². The van der Waals surface area contributed by atoms with Gasteiger partial charge in [0.25, 0.3) is 0 Å². The highest BCUT2D eigenvalue weighted by atomic mass is 16.5. The molecule has 0 bridgehead atoms. The van der Waals surface area contributed by atoms with Gasteiger partial charge in [-0.25, -0.2) is 0 Å². The summed E-state index contributed by atoms with van der Waals surface area (Å²) < 4.78 is 5.48. The number of benzene rings is 1. The number of amides is 1. The molecule has 19 heavy (non-hydrogen) atoms. The molecule has 0 atom stereocenters. The van der Waals surface area contributed by atoms with Gasteiger partial charge in [0.1, 0.15) is 0 Å². The van der Waals surface area contributed by atoms with Crippen LogP contribution in [0.1, 0.15) is 36.8 Å². The summed E-state index contributed by atoms with van der Waals surface area (Å²) in [4.78, 5) is 12.2. The van der Waals surface area contributed by atoms with Crippen LogP contribution in [0.4, 0.5) is 11.4 Å². The zero-order valence-corrected chi connectivity index (χ0v) is 11.9. The Kier molecular flexibility index (Phi) is 3.80. The van der Waals surface area contributed by atoms with E-state index < -0.39 is 0 Å². The highest BCUT2D eigenvalue weighted by Gasteiger charge is 2.39. The second-order valence-corrected chi connectivity index (χ2v) is 5.44. The number of carbonyl (C=O) groups excluding carboxylic acids is 1. The monoisotopic (exact) mass is 262 g/mol. The molecule has 1 aromatic carbocycles. The first-order valence-electron chi connectivity index (χ1n) is 6.68. The Hall–Kier alpha value is -1.55. The third-order valence-electron chi connectivity index (χ3n) is 4.16. The minimum Gasteiger partial charge on any atom is -0.398 e. The molecule has 1 aromatic rings. The highest BCUT2D eigenvalue weighted by Crippen LogP contribution is 2.38. The molecule has 4 heteroatoms. The van der Waals surface area contributed by atoms with Gasteiger partial charge in [0, 0.05) is 18.5 Å². The van der Waals surface area contributed by atoms with E-state index in [-0.39, 0.29) is 11.5 Å². The lowest BCUT2D eigenvalue weighted by atomic mass is 9.77. The van der Waals surface area contributed by atoms with Crippen LogP contribution in [0.25, 0.3) is 0 Å². The minimum atomic E-state index is -0.244. The molecule has 1 saturated carbocycles. The summed E-state index contributed by atoms with van der Waals surface area (Å²) in [5.74, 6) is -0.00153. The molecular formula is C15H22N2O2. The van der Waals surface area contributed by atoms with Gasteiger partial charge in [0.05, 0.1) is 12.0 Å². The molecule has 0 spiro atoms. The number of nitrogens with one attached hydrogen (secondary N) is 1. The van der Waals surface area contributed by atoms with Crippen molar-refractivity contribution < 1.29 is 9.53 Å². The fourth-order valence-corrected chi connectivity index (χ4v) is 2.56. The first kappa shape index (κ1) is 13.9. The Morgan fingerprint density at radius 2 is 2.11 bits per heavy atom. The van der Waals surface area contributed by atoms with E-state index in [9.17, 15) is 4.79 Å². The molecule has 4 nitrogen and oxygen atoms in total. The van der Waals surface area contributed by atoms with Crippen molar-refractivity contribution in [1.29, 1.82) is 0 Å².